The summed E-state index contributed by atoms with van der Waals surface area (Å²) in [5.41, 5.74) is 8.48. The van der Waals surface area contributed by atoms with E-state index in [9.17, 15) is 4.79 Å². The average molecular weight is 769 g/mol. The number of hydrogen-bond donors (Lipinski definition) is 3. The number of methoxy groups -OCH3 is 1. The van der Waals surface area contributed by atoms with Crippen LogP contribution in [0.4, 0.5) is 11.4 Å². The molecule has 47 heavy (non-hydrogen) atoms. The fraction of sp³-hybridized carbons (Fsp3) is 0.400. The van der Waals surface area contributed by atoms with Crippen LogP contribution in [-0.4, -0.2) is 72.1 Å². The Morgan fingerprint density at radius 1 is 0.894 bits per heavy atom. The van der Waals surface area contributed by atoms with Gasteiger partial charge in [-0.2, -0.15) is 0 Å². The minimum absolute atomic E-state index is 0.327. The van der Waals surface area contributed by atoms with Crippen molar-refractivity contribution in [1.29, 1.82) is 0 Å². The summed E-state index contributed by atoms with van der Waals surface area (Å²) in [6.45, 7) is 7.28. The lowest BCUT2D eigenvalue weighted by atomic mass is 10.0. The van der Waals surface area contributed by atoms with Crippen molar-refractivity contribution in [1.82, 2.24) is 19.5 Å². The molecule has 2 fully saturated rings. The lowest BCUT2D eigenvalue weighted by Gasteiger charge is -2.22. The first-order valence-electron chi connectivity index (χ1n) is 16.0. The second-order valence-corrected chi connectivity index (χ2v) is 13.9. The fourth-order valence-electron chi connectivity index (χ4n) is 6.12. The van der Waals surface area contributed by atoms with E-state index < -0.39 is 0 Å². The predicted octanol–water partition coefficient (Wildman–Crippen LogP) is 7.89. The number of fused-ring (bicyclic) bond motifs is 2. The smallest absolute Gasteiger partial charge is 0.338 e. The summed E-state index contributed by atoms with van der Waals surface area (Å²) in [6.07, 6.45) is 8.02. The van der Waals surface area contributed by atoms with Crippen LogP contribution in [0.5, 0.6) is 0 Å². The number of halogens is 2. The van der Waals surface area contributed by atoms with Crippen molar-refractivity contribution >= 4 is 71.3 Å². The number of nitrogens with zero attached hydrogens (tertiary/aromatic N) is 3. The number of benzene rings is 3. The Kier molecular flexibility index (Phi) is 11.1. The second-order valence-electron chi connectivity index (χ2n) is 12.1. The number of ether oxygens (including phenoxy) is 3. The van der Waals surface area contributed by atoms with Crippen molar-refractivity contribution in [2.45, 2.75) is 32.6 Å². The van der Waals surface area contributed by atoms with Crippen molar-refractivity contribution in [2.75, 3.05) is 57.3 Å². The molecule has 5 aromatic rings. The highest BCUT2D eigenvalue weighted by Crippen LogP contribution is 2.31. The number of aryl methyl sites for hydroxylation is 1. The Morgan fingerprint density at radius 3 is 2.13 bits per heavy atom. The summed E-state index contributed by atoms with van der Waals surface area (Å²) in [4.78, 5) is 24.0. The van der Waals surface area contributed by atoms with E-state index in [-0.39, 0.29) is 5.97 Å². The maximum atomic E-state index is 11.9. The molecule has 3 aromatic carbocycles. The van der Waals surface area contributed by atoms with Crippen LogP contribution in [0.3, 0.4) is 0 Å². The van der Waals surface area contributed by atoms with E-state index in [0.717, 1.165) is 119 Å². The number of esters is 1. The zero-order chi connectivity index (χ0) is 32.8. The number of imidazole rings is 2. The van der Waals surface area contributed by atoms with Crippen molar-refractivity contribution in [3.63, 3.8) is 0 Å². The molecule has 0 radical (unpaired) electrons. The molecule has 2 saturated heterocycles. The van der Waals surface area contributed by atoms with E-state index in [1.807, 2.05) is 36.0 Å². The Balaban J connectivity index is 0.000000183. The van der Waals surface area contributed by atoms with E-state index in [2.05, 4.69) is 75.6 Å². The van der Waals surface area contributed by atoms with Crippen LogP contribution in [0.25, 0.3) is 27.8 Å². The normalized spacial score (nSPS) is 15.7. The van der Waals surface area contributed by atoms with Gasteiger partial charge in [-0.1, -0.05) is 31.9 Å². The molecule has 0 bridgehead atoms. The van der Waals surface area contributed by atoms with Gasteiger partial charge in [-0.25, -0.2) is 14.8 Å². The number of carbonyl (C=O) groups excluding carboxylic acids is 1. The van der Waals surface area contributed by atoms with Gasteiger partial charge in [-0.05, 0) is 92.5 Å². The van der Waals surface area contributed by atoms with Gasteiger partial charge in [0, 0.05) is 54.1 Å². The van der Waals surface area contributed by atoms with Gasteiger partial charge in [0.15, 0.2) is 0 Å². The second kappa shape index (κ2) is 15.6. The maximum Gasteiger partial charge on any atom is 0.338 e. The Hall–Kier alpha value is -3.45. The summed E-state index contributed by atoms with van der Waals surface area (Å²) < 4.78 is 19.8. The van der Waals surface area contributed by atoms with Gasteiger partial charge in [0.05, 0.1) is 41.4 Å². The zero-order valence-electron chi connectivity index (χ0n) is 26.7. The molecule has 2 aromatic heterocycles. The first-order valence-corrected chi connectivity index (χ1v) is 17.6. The largest absolute Gasteiger partial charge is 0.465 e. The lowest BCUT2D eigenvalue weighted by Crippen LogP contribution is -2.22. The summed E-state index contributed by atoms with van der Waals surface area (Å²) in [7, 11) is 1.39. The average Bonchev–Trinajstić information content (AvgIpc) is 3.74. The van der Waals surface area contributed by atoms with Crippen LogP contribution >= 0.6 is 31.9 Å². The topological polar surface area (TPSA) is 115 Å². The number of aromatic amines is 1. The highest BCUT2D eigenvalue weighted by atomic mass is 79.9. The van der Waals surface area contributed by atoms with Gasteiger partial charge in [-0.3, -0.25) is 4.57 Å². The lowest BCUT2D eigenvalue weighted by molar-refractivity contribution is 0.0599. The van der Waals surface area contributed by atoms with Crippen LogP contribution in [0.1, 0.15) is 41.6 Å². The van der Waals surface area contributed by atoms with Gasteiger partial charge in [0.1, 0.15) is 17.4 Å². The van der Waals surface area contributed by atoms with Gasteiger partial charge >= 0.3 is 5.97 Å². The van der Waals surface area contributed by atoms with Crippen molar-refractivity contribution < 1.29 is 19.0 Å². The molecule has 0 spiro atoms. The maximum absolute atomic E-state index is 11.9. The molecular weight excluding hydrogens is 728 g/mol. The van der Waals surface area contributed by atoms with Crippen molar-refractivity contribution in [3.8, 4) is 5.69 Å². The van der Waals surface area contributed by atoms with Crippen molar-refractivity contribution in [3.05, 3.63) is 75.2 Å². The zero-order valence-corrected chi connectivity index (χ0v) is 29.8. The van der Waals surface area contributed by atoms with E-state index in [4.69, 9.17) is 14.2 Å². The van der Waals surface area contributed by atoms with E-state index in [1.165, 1.54) is 7.11 Å². The highest BCUT2D eigenvalue weighted by Gasteiger charge is 2.17. The number of hydrogen-bond acceptors (Lipinski definition) is 8. The Labute approximate surface area is 291 Å². The standard InChI is InChI=1S/C22H24BrN3O3.C13H16BrN3O/c1-14-9-17(3-4-18(14)22(27)28-2)26-13-25-21-19(10-16(23)11-20(21)26)24-12-15-5-7-29-8-6-15;14-10-5-11(13-12(6-10)16-8-17-13)15-7-9-1-3-18-4-2-9/h3-4,9-11,13,15,24H,5-8,12H2,1-2H3;5-6,8-9,15H,1-4,7H2,(H,16,17). The summed E-state index contributed by atoms with van der Waals surface area (Å²) >= 11 is 7.16. The van der Waals surface area contributed by atoms with Crippen LogP contribution in [0, 0.1) is 18.8 Å². The number of aromatic nitrogens is 4. The molecule has 0 saturated carbocycles. The van der Waals surface area contributed by atoms with Crippen LogP contribution in [-0.2, 0) is 14.2 Å². The fourth-order valence-corrected chi connectivity index (χ4v) is 7.02. The number of anilines is 2. The van der Waals surface area contributed by atoms with Crippen molar-refractivity contribution in [2.24, 2.45) is 11.8 Å². The Morgan fingerprint density at radius 2 is 1.51 bits per heavy atom. The van der Waals surface area contributed by atoms with E-state index >= 15 is 0 Å². The highest BCUT2D eigenvalue weighted by molar-refractivity contribution is 9.10. The molecule has 2 aliphatic rings. The molecule has 0 atom stereocenters. The Bertz CT molecular complexity index is 1830. The summed E-state index contributed by atoms with van der Waals surface area (Å²) in [5.74, 6) is 0.993. The van der Waals surface area contributed by atoms with Crippen LogP contribution in [0.2, 0.25) is 0 Å². The number of H-pyrrole nitrogens is 1. The first-order chi connectivity index (χ1) is 22.9. The molecule has 2 aliphatic heterocycles. The van der Waals surface area contributed by atoms with E-state index in [1.54, 1.807) is 12.4 Å². The molecule has 3 N–H and O–H groups in total. The van der Waals surface area contributed by atoms with E-state index in [0.29, 0.717) is 17.4 Å². The van der Waals surface area contributed by atoms with Gasteiger partial charge < -0.3 is 29.8 Å². The molecule has 4 heterocycles. The van der Waals surface area contributed by atoms with Gasteiger partial charge in [0.25, 0.3) is 0 Å². The molecule has 12 heteroatoms. The summed E-state index contributed by atoms with van der Waals surface area (Å²) in [6, 6.07) is 13.9. The molecular formula is C35H40Br2N6O4. The quantitative estimate of drug-likeness (QED) is 0.137. The SMILES string of the molecule is Brc1cc(NCC2CCOCC2)c2nc[nH]c2c1.COC(=O)c1ccc(-n2cnc3c(NCC4CCOCC4)cc(Br)cc32)cc1C. The molecule has 10 nitrogen and oxygen atoms in total. The first kappa shape index (κ1) is 33.5. The number of rotatable bonds is 8. The summed E-state index contributed by atoms with van der Waals surface area (Å²) in [5, 5.41) is 7.10. The molecule has 7 rings (SSSR count). The number of nitrogens with one attached hydrogen (secondary N) is 3. The van der Waals surface area contributed by atoms with Gasteiger partial charge in [-0.15, -0.1) is 0 Å². The minimum atomic E-state index is -0.327. The van der Waals surface area contributed by atoms with Crippen LogP contribution in [0.15, 0.2) is 64.1 Å². The molecule has 248 valence electrons. The van der Waals surface area contributed by atoms with Crippen LogP contribution < -0.4 is 10.6 Å². The molecule has 0 unspecified atom stereocenters. The third-order valence-electron chi connectivity index (χ3n) is 8.84. The third-order valence-corrected chi connectivity index (χ3v) is 9.76. The minimum Gasteiger partial charge on any atom is -0.465 e. The third kappa shape index (κ3) is 8.17. The predicted molar refractivity (Wildman–Crippen MR) is 193 cm³/mol. The van der Waals surface area contributed by atoms with Gasteiger partial charge in [0.2, 0.25) is 0 Å². The molecule has 0 amide bonds. The monoisotopic (exact) mass is 766 g/mol. The number of carbonyl (C=O) groups is 1. The molecule has 0 aliphatic carbocycles.